The Morgan fingerprint density at radius 1 is 1.05 bits per heavy atom. The molecule has 8 heteroatoms. The van der Waals surface area contributed by atoms with E-state index in [1.807, 2.05) is 36.4 Å². The lowest BCUT2D eigenvalue weighted by Gasteiger charge is -2.34. The van der Waals surface area contributed by atoms with Gasteiger partial charge in [-0.15, -0.1) is 0 Å². The van der Waals surface area contributed by atoms with Gasteiger partial charge in [0.2, 0.25) is 5.91 Å². The van der Waals surface area contributed by atoms with Gasteiger partial charge in [0.1, 0.15) is 11.3 Å². The fraction of sp³-hybridized carbons (Fsp3) is 0.517. The maximum absolute atomic E-state index is 13.1. The largest absolute Gasteiger partial charge is 0.497 e. The molecule has 0 spiro atoms. The molecule has 200 valence electrons. The first kappa shape index (κ1) is 27.5. The van der Waals surface area contributed by atoms with Crippen LogP contribution in [0.3, 0.4) is 0 Å². The van der Waals surface area contributed by atoms with E-state index in [2.05, 4.69) is 47.8 Å². The summed E-state index contributed by atoms with van der Waals surface area (Å²) in [6.07, 6.45) is 1.08. The number of amides is 1. The molecule has 0 aliphatic carbocycles. The average Bonchev–Trinajstić information content (AvgIpc) is 3.30. The number of carbonyl (C=O) groups is 1. The Hall–Kier alpha value is -2.55. The molecule has 1 fully saturated rings. The predicted octanol–water partition coefficient (Wildman–Crippen LogP) is 5.82. The van der Waals surface area contributed by atoms with Crippen LogP contribution < -0.4 is 10.1 Å². The number of nitrogens with one attached hydrogen (secondary N) is 1. The fourth-order valence-electron chi connectivity index (χ4n) is 4.75. The number of thioether (sulfide) groups is 1. The van der Waals surface area contributed by atoms with Crippen LogP contribution in [-0.4, -0.2) is 72.8 Å². The van der Waals surface area contributed by atoms with Gasteiger partial charge in [-0.25, -0.2) is 4.98 Å². The molecule has 0 saturated carbocycles. The minimum atomic E-state index is 0.0529. The van der Waals surface area contributed by atoms with E-state index >= 15 is 0 Å². The highest BCUT2D eigenvalue weighted by atomic mass is 32.2. The average molecular weight is 525 g/mol. The molecule has 0 atom stereocenters. The summed E-state index contributed by atoms with van der Waals surface area (Å²) >= 11 is 1.68. The van der Waals surface area contributed by atoms with Crippen LogP contribution in [-0.2, 0) is 4.79 Å². The molecule has 1 N–H and O–H groups in total. The van der Waals surface area contributed by atoms with E-state index in [1.165, 1.54) is 0 Å². The maximum atomic E-state index is 13.1. The Morgan fingerprint density at radius 2 is 1.70 bits per heavy atom. The van der Waals surface area contributed by atoms with Gasteiger partial charge in [-0.1, -0.05) is 51.6 Å². The molecule has 1 aromatic heterocycles. The van der Waals surface area contributed by atoms with Gasteiger partial charge >= 0.3 is 0 Å². The molecular formula is C29H40N4O3S. The Kier molecular flexibility index (Phi) is 9.51. The van der Waals surface area contributed by atoms with Crippen molar-refractivity contribution in [2.45, 2.75) is 51.2 Å². The van der Waals surface area contributed by atoms with Crippen molar-refractivity contribution >= 4 is 34.5 Å². The summed E-state index contributed by atoms with van der Waals surface area (Å²) in [5.41, 5.74) is 4.95. The van der Waals surface area contributed by atoms with Gasteiger partial charge in [-0.2, -0.15) is 0 Å². The number of methoxy groups -OCH3 is 1. The topological polar surface area (TPSA) is 70.8 Å². The Balaban J connectivity index is 1.22. The molecule has 3 aromatic rings. The van der Waals surface area contributed by atoms with Crippen molar-refractivity contribution in [2.75, 3.05) is 57.4 Å². The van der Waals surface area contributed by atoms with E-state index in [4.69, 9.17) is 9.15 Å². The zero-order valence-electron chi connectivity index (χ0n) is 22.8. The van der Waals surface area contributed by atoms with Crippen molar-refractivity contribution in [1.82, 2.24) is 14.8 Å². The number of aromatic nitrogens is 1. The number of para-hydroxylation sites is 2. The molecule has 1 amide bonds. The first-order valence-electron chi connectivity index (χ1n) is 13.3. The highest BCUT2D eigenvalue weighted by Gasteiger charge is 2.22. The molecule has 2 aromatic carbocycles. The van der Waals surface area contributed by atoms with E-state index in [1.54, 1.807) is 18.9 Å². The van der Waals surface area contributed by atoms with E-state index in [0.717, 1.165) is 83.8 Å². The number of benzene rings is 2. The van der Waals surface area contributed by atoms with Crippen LogP contribution >= 0.6 is 11.8 Å². The second kappa shape index (κ2) is 12.8. The first-order chi connectivity index (χ1) is 17.8. The number of ether oxygens (including phenoxy) is 1. The Morgan fingerprint density at radius 3 is 2.32 bits per heavy atom. The lowest BCUT2D eigenvalue weighted by molar-refractivity contribution is -0.117. The summed E-state index contributed by atoms with van der Waals surface area (Å²) in [5.74, 6) is 2.44. The van der Waals surface area contributed by atoms with Crippen LogP contribution in [0.2, 0.25) is 0 Å². The van der Waals surface area contributed by atoms with Crippen LogP contribution in [0.25, 0.3) is 11.1 Å². The molecule has 1 aliphatic rings. The van der Waals surface area contributed by atoms with Crippen LogP contribution in [0.15, 0.2) is 46.0 Å². The van der Waals surface area contributed by atoms with Gasteiger partial charge < -0.3 is 19.4 Å². The molecule has 7 nitrogen and oxygen atoms in total. The van der Waals surface area contributed by atoms with E-state index in [9.17, 15) is 4.79 Å². The molecule has 0 radical (unpaired) electrons. The normalized spacial score (nSPS) is 15.1. The third kappa shape index (κ3) is 7.27. The third-order valence-electron chi connectivity index (χ3n) is 6.87. The number of nitrogens with zero attached hydrogens (tertiary/aromatic N) is 3. The summed E-state index contributed by atoms with van der Waals surface area (Å²) in [7, 11) is 1.69. The van der Waals surface area contributed by atoms with Gasteiger partial charge in [0.05, 0.1) is 13.7 Å². The number of anilines is 1. The van der Waals surface area contributed by atoms with Gasteiger partial charge in [0.15, 0.2) is 5.58 Å². The predicted molar refractivity (Wildman–Crippen MR) is 152 cm³/mol. The lowest BCUT2D eigenvalue weighted by atomic mass is 9.92. The molecule has 4 rings (SSSR count). The third-order valence-corrected chi connectivity index (χ3v) is 7.78. The zero-order chi connectivity index (χ0) is 26.4. The number of oxazole rings is 1. The smallest absolute Gasteiger partial charge is 0.256 e. The summed E-state index contributed by atoms with van der Waals surface area (Å²) in [4.78, 5) is 22.3. The summed E-state index contributed by atoms with van der Waals surface area (Å²) in [6, 6.07) is 12.0. The highest BCUT2D eigenvalue weighted by molar-refractivity contribution is 7.99. The number of rotatable bonds is 11. The van der Waals surface area contributed by atoms with Crippen LogP contribution in [0.5, 0.6) is 5.75 Å². The summed E-state index contributed by atoms with van der Waals surface area (Å²) < 4.78 is 11.3. The number of hydrogen-bond donors (Lipinski definition) is 1. The summed E-state index contributed by atoms with van der Waals surface area (Å²) in [5, 5.41) is 4.00. The van der Waals surface area contributed by atoms with Crippen molar-refractivity contribution in [2.24, 2.45) is 0 Å². The van der Waals surface area contributed by atoms with Gasteiger partial charge in [0, 0.05) is 37.6 Å². The molecule has 1 saturated heterocycles. The monoisotopic (exact) mass is 524 g/mol. The Labute approximate surface area is 224 Å². The zero-order valence-corrected chi connectivity index (χ0v) is 23.6. The molecule has 37 heavy (non-hydrogen) atoms. The van der Waals surface area contributed by atoms with Gasteiger partial charge in [-0.05, 0) is 60.2 Å². The first-order valence-corrected chi connectivity index (χ1v) is 14.3. The number of piperazine rings is 1. The van der Waals surface area contributed by atoms with Crippen LogP contribution in [0, 0.1) is 0 Å². The fourth-order valence-corrected chi connectivity index (χ4v) is 5.51. The van der Waals surface area contributed by atoms with Crippen molar-refractivity contribution in [3.05, 3.63) is 47.5 Å². The second-order valence-corrected chi connectivity index (χ2v) is 11.4. The lowest BCUT2D eigenvalue weighted by Crippen LogP contribution is -2.48. The molecular weight excluding hydrogens is 484 g/mol. The van der Waals surface area contributed by atoms with E-state index in [0.29, 0.717) is 6.54 Å². The second-order valence-electron chi connectivity index (χ2n) is 10.3. The number of fused-ring (bicyclic) bond motifs is 1. The quantitative estimate of drug-likeness (QED) is 0.250. The van der Waals surface area contributed by atoms with Gasteiger partial charge in [0.25, 0.3) is 5.22 Å². The summed E-state index contributed by atoms with van der Waals surface area (Å²) in [6.45, 7) is 13.9. The van der Waals surface area contributed by atoms with Gasteiger partial charge in [-0.3, -0.25) is 9.69 Å². The van der Waals surface area contributed by atoms with E-state index < -0.39 is 0 Å². The van der Waals surface area contributed by atoms with Crippen molar-refractivity contribution in [1.29, 1.82) is 0 Å². The van der Waals surface area contributed by atoms with Crippen molar-refractivity contribution < 1.29 is 13.9 Å². The minimum Gasteiger partial charge on any atom is -0.497 e. The van der Waals surface area contributed by atoms with Crippen molar-refractivity contribution in [3.8, 4) is 5.75 Å². The standard InChI is InChI=1S/C29H40N4O3S/c1-20(2)23-17-22(35-5)18-24(21(3)4)28(23)31-27(34)19-33-14-12-32(13-15-33)11-8-16-37-29-30-25-9-6-7-10-26(25)36-29/h6-7,9-10,17-18,20-21H,8,11-16,19H2,1-5H3,(H,31,34). The van der Waals surface area contributed by atoms with E-state index in [-0.39, 0.29) is 17.7 Å². The van der Waals surface area contributed by atoms with Crippen LogP contribution in [0.1, 0.15) is 57.1 Å². The van der Waals surface area contributed by atoms with Crippen molar-refractivity contribution in [3.63, 3.8) is 0 Å². The number of carbonyl (C=O) groups excluding carboxylic acids is 1. The molecule has 0 unspecified atom stereocenters. The molecule has 2 heterocycles. The molecule has 0 bridgehead atoms. The highest BCUT2D eigenvalue weighted by Crippen LogP contribution is 2.36. The maximum Gasteiger partial charge on any atom is 0.256 e. The van der Waals surface area contributed by atoms with Crippen LogP contribution in [0.4, 0.5) is 5.69 Å². The number of hydrogen-bond acceptors (Lipinski definition) is 7. The molecule has 1 aliphatic heterocycles. The Bertz CT molecular complexity index is 1120. The minimum absolute atomic E-state index is 0.0529. The SMILES string of the molecule is COc1cc(C(C)C)c(NC(=O)CN2CCN(CCCSc3nc4ccccc4o3)CC2)c(C(C)C)c1.